The minimum absolute atomic E-state index is 0.0669. The minimum atomic E-state index is -0.284. The maximum atomic E-state index is 11.8. The Morgan fingerprint density at radius 3 is 2.91 bits per heavy atom. The van der Waals surface area contributed by atoms with Crippen molar-refractivity contribution in [3.8, 4) is 5.75 Å². The molecule has 0 bridgehead atoms. The van der Waals surface area contributed by atoms with E-state index in [4.69, 9.17) is 4.74 Å². The van der Waals surface area contributed by atoms with E-state index in [2.05, 4.69) is 40.3 Å². The first kappa shape index (κ1) is 17.7. The van der Waals surface area contributed by atoms with Crippen molar-refractivity contribution in [1.29, 1.82) is 0 Å². The van der Waals surface area contributed by atoms with Gasteiger partial charge in [0.2, 0.25) is 0 Å². The fourth-order valence-electron chi connectivity index (χ4n) is 1.95. The summed E-state index contributed by atoms with van der Waals surface area (Å²) < 4.78 is 6.72. The number of benzene rings is 1. The van der Waals surface area contributed by atoms with Crippen LogP contribution in [0.4, 0.5) is 0 Å². The standard InChI is InChI=1S/C17H19BrN2O2S/c1-11(2)14-8-15(18)12(3)7-16(14)22-10-17(21)20-19-9-13-5-4-6-23-13/h4-9,11H,10H2,1-3H3,(H,20,21)/b19-9+. The van der Waals surface area contributed by atoms with Gasteiger partial charge in [-0.25, -0.2) is 5.43 Å². The number of nitrogens with zero attached hydrogens (tertiary/aromatic N) is 1. The molecule has 6 heteroatoms. The molecule has 0 atom stereocenters. The molecule has 23 heavy (non-hydrogen) atoms. The molecule has 0 aliphatic carbocycles. The molecule has 1 N–H and O–H groups in total. The summed E-state index contributed by atoms with van der Waals surface area (Å²) in [6, 6.07) is 7.85. The van der Waals surface area contributed by atoms with E-state index in [1.54, 1.807) is 17.6 Å². The Bertz CT molecular complexity index is 697. The number of ether oxygens (including phenoxy) is 1. The number of carbonyl (C=O) groups excluding carboxylic acids is 1. The first-order valence-electron chi connectivity index (χ1n) is 7.25. The van der Waals surface area contributed by atoms with Crippen LogP contribution in [-0.2, 0) is 4.79 Å². The summed E-state index contributed by atoms with van der Waals surface area (Å²) in [4.78, 5) is 12.8. The Morgan fingerprint density at radius 2 is 2.26 bits per heavy atom. The third kappa shape index (κ3) is 5.18. The Hall–Kier alpha value is -1.66. The first-order valence-corrected chi connectivity index (χ1v) is 8.93. The highest BCUT2D eigenvalue weighted by Crippen LogP contribution is 2.32. The molecule has 0 spiro atoms. The molecule has 4 nitrogen and oxygen atoms in total. The van der Waals surface area contributed by atoms with Crippen molar-refractivity contribution in [2.45, 2.75) is 26.7 Å². The molecule has 2 aromatic rings. The molecular formula is C17H19BrN2O2S. The van der Waals surface area contributed by atoms with Crippen molar-refractivity contribution in [3.63, 3.8) is 0 Å². The highest BCUT2D eigenvalue weighted by atomic mass is 79.9. The van der Waals surface area contributed by atoms with Crippen LogP contribution in [0.5, 0.6) is 5.75 Å². The zero-order valence-corrected chi connectivity index (χ0v) is 15.7. The van der Waals surface area contributed by atoms with Crippen LogP contribution in [0.3, 0.4) is 0 Å². The summed E-state index contributed by atoms with van der Waals surface area (Å²) in [7, 11) is 0. The summed E-state index contributed by atoms with van der Waals surface area (Å²) in [5.41, 5.74) is 4.61. The quantitative estimate of drug-likeness (QED) is 0.580. The van der Waals surface area contributed by atoms with Gasteiger partial charge in [-0.3, -0.25) is 4.79 Å². The lowest BCUT2D eigenvalue weighted by Gasteiger charge is -2.15. The molecule has 1 aromatic carbocycles. The van der Waals surface area contributed by atoms with E-state index in [-0.39, 0.29) is 12.5 Å². The van der Waals surface area contributed by atoms with Gasteiger partial charge in [0, 0.05) is 9.35 Å². The van der Waals surface area contributed by atoms with Crippen LogP contribution in [0.15, 0.2) is 39.2 Å². The predicted octanol–water partition coefficient (Wildman–Crippen LogP) is 4.47. The second kappa shape index (κ2) is 8.26. The Balaban J connectivity index is 1.94. The number of nitrogens with one attached hydrogen (secondary N) is 1. The Morgan fingerprint density at radius 1 is 1.48 bits per heavy atom. The molecule has 0 radical (unpaired) electrons. The van der Waals surface area contributed by atoms with Crippen molar-refractivity contribution < 1.29 is 9.53 Å². The first-order chi connectivity index (χ1) is 11.0. The van der Waals surface area contributed by atoms with Gasteiger partial charge in [-0.05, 0) is 47.5 Å². The van der Waals surface area contributed by atoms with Gasteiger partial charge < -0.3 is 4.74 Å². The smallest absolute Gasteiger partial charge is 0.277 e. The summed E-state index contributed by atoms with van der Waals surface area (Å²) >= 11 is 5.09. The van der Waals surface area contributed by atoms with E-state index in [0.29, 0.717) is 5.92 Å². The second-order valence-corrected chi connectivity index (χ2v) is 7.22. The number of carbonyl (C=O) groups is 1. The SMILES string of the molecule is Cc1cc(OCC(=O)N/N=C/c2cccs2)c(C(C)C)cc1Br. The van der Waals surface area contributed by atoms with E-state index in [0.717, 1.165) is 26.2 Å². The van der Waals surface area contributed by atoms with Crippen LogP contribution < -0.4 is 10.2 Å². The van der Waals surface area contributed by atoms with Crippen molar-refractivity contribution in [2.75, 3.05) is 6.61 Å². The number of amides is 1. The van der Waals surface area contributed by atoms with Crippen molar-refractivity contribution in [3.05, 3.63) is 50.1 Å². The molecular weight excluding hydrogens is 376 g/mol. The van der Waals surface area contributed by atoms with Crippen LogP contribution in [0.1, 0.15) is 35.8 Å². The van der Waals surface area contributed by atoms with Crippen LogP contribution in [0.2, 0.25) is 0 Å². The monoisotopic (exact) mass is 394 g/mol. The van der Waals surface area contributed by atoms with Crippen LogP contribution in [0.25, 0.3) is 0 Å². The van der Waals surface area contributed by atoms with E-state index in [1.807, 2.05) is 36.6 Å². The average molecular weight is 395 g/mol. The molecule has 2 rings (SSSR count). The minimum Gasteiger partial charge on any atom is -0.483 e. The zero-order chi connectivity index (χ0) is 16.8. The van der Waals surface area contributed by atoms with Crippen LogP contribution in [-0.4, -0.2) is 18.7 Å². The topological polar surface area (TPSA) is 50.7 Å². The van der Waals surface area contributed by atoms with E-state index >= 15 is 0 Å². The number of hydrazone groups is 1. The lowest BCUT2D eigenvalue weighted by atomic mass is 10.0. The van der Waals surface area contributed by atoms with Gasteiger partial charge >= 0.3 is 0 Å². The second-order valence-electron chi connectivity index (χ2n) is 5.39. The largest absolute Gasteiger partial charge is 0.483 e. The molecule has 0 unspecified atom stereocenters. The summed E-state index contributed by atoms with van der Waals surface area (Å²) in [5, 5.41) is 5.87. The maximum Gasteiger partial charge on any atom is 0.277 e. The van der Waals surface area contributed by atoms with Crippen LogP contribution >= 0.6 is 27.3 Å². The van der Waals surface area contributed by atoms with Gasteiger partial charge in [0.15, 0.2) is 6.61 Å². The average Bonchev–Trinajstić information content (AvgIpc) is 3.01. The third-order valence-corrected chi connectivity index (χ3v) is 4.86. The fourth-order valence-corrected chi connectivity index (χ4v) is 2.90. The van der Waals surface area contributed by atoms with Crippen molar-refractivity contribution in [1.82, 2.24) is 5.43 Å². The lowest BCUT2D eigenvalue weighted by Crippen LogP contribution is -2.24. The molecule has 1 heterocycles. The van der Waals surface area contributed by atoms with Crippen molar-refractivity contribution >= 4 is 39.4 Å². The number of aryl methyl sites for hydroxylation is 1. The maximum absolute atomic E-state index is 11.8. The predicted molar refractivity (Wildman–Crippen MR) is 98.5 cm³/mol. The lowest BCUT2D eigenvalue weighted by molar-refractivity contribution is -0.123. The number of hydrogen-bond acceptors (Lipinski definition) is 4. The van der Waals surface area contributed by atoms with Gasteiger partial charge in [-0.2, -0.15) is 5.10 Å². The number of rotatable bonds is 6. The van der Waals surface area contributed by atoms with Gasteiger partial charge in [0.05, 0.1) is 6.21 Å². The highest BCUT2D eigenvalue weighted by molar-refractivity contribution is 9.10. The molecule has 1 aromatic heterocycles. The molecule has 0 saturated heterocycles. The van der Waals surface area contributed by atoms with E-state index in [9.17, 15) is 4.79 Å². The van der Waals surface area contributed by atoms with Crippen LogP contribution in [0, 0.1) is 6.92 Å². The molecule has 0 saturated carbocycles. The molecule has 122 valence electrons. The number of halogens is 1. The molecule has 0 aliphatic rings. The van der Waals surface area contributed by atoms with E-state index in [1.165, 1.54) is 0 Å². The number of hydrogen-bond donors (Lipinski definition) is 1. The number of thiophene rings is 1. The Kier molecular flexibility index (Phi) is 6.36. The summed E-state index contributed by atoms with van der Waals surface area (Å²) in [5.74, 6) is 0.757. The molecule has 1 amide bonds. The highest BCUT2D eigenvalue weighted by Gasteiger charge is 2.12. The molecule has 0 aliphatic heterocycles. The van der Waals surface area contributed by atoms with Gasteiger partial charge in [0.25, 0.3) is 5.91 Å². The summed E-state index contributed by atoms with van der Waals surface area (Å²) in [6.07, 6.45) is 1.62. The van der Waals surface area contributed by atoms with Gasteiger partial charge in [0.1, 0.15) is 5.75 Å². The normalized spacial score (nSPS) is 11.2. The van der Waals surface area contributed by atoms with E-state index < -0.39 is 0 Å². The fraction of sp³-hybridized carbons (Fsp3) is 0.294. The van der Waals surface area contributed by atoms with Gasteiger partial charge in [-0.1, -0.05) is 35.8 Å². The third-order valence-electron chi connectivity index (χ3n) is 3.20. The zero-order valence-electron chi connectivity index (χ0n) is 13.3. The van der Waals surface area contributed by atoms with Gasteiger partial charge in [-0.15, -0.1) is 11.3 Å². The Labute approximate surface area is 148 Å². The molecule has 0 fully saturated rings. The summed E-state index contributed by atoms with van der Waals surface area (Å²) in [6.45, 7) is 6.11. The van der Waals surface area contributed by atoms with Crippen molar-refractivity contribution in [2.24, 2.45) is 5.10 Å².